The smallest absolute Gasteiger partial charge is 0.0606 e. The molecule has 0 aliphatic heterocycles. The summed E-state index contributed by atoms with van der Waals surface area (Å²) < 4.78 is 5.90. The third kappa shape index (κ3) is 3.07. The molecule has 1 fully saturated rings. The average molecular weight is 267 g/mol. The molecule has 0 radical (unpaired) electrons. The number of hydrogen-bond acceptors (Lipinski definition) is 1. The van der Waals surface area contributed by atoms with Gasteiger partial charge in [-0.25, -0.2) is 0 Å². The lowest BCUT2D eigenvalue weighted by molar-refractivity contribution is 0.0177. The Labute approximate surface area is 115 Å². The Kier molecular flexibility index (Phi) is 4.34. The van der Waals surface area contributed by atoms with Crippen LogP contribution in [0, 0.1) is 5.92 Å². The Bertz CT molecular complexity index is 379. The predicted octanol–water partition coefficient (Wildman–Crippen LogP) is 4.82. The van der Waals surface area contributed by atoms with E-state index in [4.69, 9.17) is 16.3 Å². The summed E-state index contributed by atoms with van der Waals surface area (Å²) in [6, 6.07) is 8.36. The van der Waals surface area contributed by atoms with Crippen molar-refractivity contribution in [2.75, 3.05) is 6.61 Å². The fourth-order valence-corrected chi connectivity index (χ4v) is 2.78. The van der Waals surface area contributed by atoms with Gasteiger partial charge in [0.05, 0.1) is 6.10 Å². The van der Waals surface area contributed by atoms with Gasteiger partial charge in [-0.3, -0.25) is 0 Å². The van der Waals surface area contributed by atoms with Crippen LogP contribution in [-0.2, 0) is 10.2 Å². The lowest BCUT2D eigenvalue weighted by atomic mass is 9.86. The van der Waals surface area contributed by atoms with Gasteiger partial charge in [0, 0.05) is 11.6 Å². The van der Waals surface area contributed by atoms with Crippen molar-refractivity contribution in [3.8, 4) is 0 Å². The Balaban J connectivity index is 2.09. The van der Waals surface area contributed by atoms with Crippen LogP contribution in [0.15, 0.2) is 24.3 Å². The fraction of sp³-hybridized carbons (Fsp3) is 0.625. The van der Waals surface area contributed by atoms with E-state index < -0.39 is 0 Å². The van der Waals surface area contributed by atoms with Gasteiger partial charge in [0.15, 0.2) is 0 Å². The molecule has 2 heteroatoms. The molecule has 1 unspecified atom stereocenters. The molecule has 0 amide bonds. The van der Waals surface area contributed by atoms with E-state index in [1.54, 1.807) is 0 Å². The second kappa shape index (κ2) is 5.63. The number of ether oxygens (including phenoxy) is 1. The lowest BCUT2D eigenvalue weighted by Gasteiger charge is -2.26. The highest BCUT2D eigenvalue weighted by Gasteiger charge is 2.46. The zero-order chi connectivity index (χ0) is 13.2. The molecule has 0 saturated heterocycles. The van der Waals surface area contributed by atoms with Crippen LogP contribution in [0.2, 0.25) is 5.02 Å². The SMILES string of the molecule is CCOC(CC1(c2ccc(Cl)cc2)CC1)C(C)C. The van der Waals surface area contributed by atoms with E-state index in [1.807, 2.05) is 12.1 Å². The van der Waals surface area contributed by atoms with E-state index in [-0.39, 0.29) is 0 Å². The zero-order valence-electron chi connectivity index (χ0n) is 11.6. The Hall–Kier alpha value is -0.530. The molecule has 0 heterocycles. The van der Waals surface area contributed by atoms with Crippen molar-refractivity contribution < 1.29 is 4.74 Å². The third-order valence-corrected chi connectivity index (χ3v) is 4.28. The summed E-state index contributed by atoms with van der Waals surface area (Å²) in [7, 11) is 0. The molecule has 0 N–H and O–H groups in total. The van der Waals surface area contributed by atoms with Gasteiger partial charge >= 0.3 is 0 Å². The summed E-state index contributed by atoms with van der Waals surface area (Å²) >= 11 is 5.96. The minimum atomic E-state index is 0.356. The highest BCUT2D eigenvalue weighted by Crippen LogP contribution is 2.52. The number of rotatable bonds is 6. The van der Waals surface area contributed by atoms with Crippen molar-refractivity contribution >= 4 is 11.6 Å². The van der Waals surface area contributed by atoms with Gasteiger partial charge in [0.25, 0.3) is 0 Å². The number of hydrogen-bond donors (Lipinski definition) is 0. The normalized spacial score (nSPS) is 18.9. The van der Waals surface area contributed by atoms with E-state index in [9.17, 15) is 0 Å². The van der Waals surface area contributed by atoms with Gasteiger partial charge in [-0.2, -0.15) is 0 Å². The van der Waals surface area contributed by atoms with Crippen LogP contribution < -0.4 is 0 Å². The molecular formula is C16H23ClO. The summed E-state index contributed by atoms with van der Waals surface area (Å²) in [5, 5.41) is 0.819. The molecule has 1 nitrogen and oxygen atoms in total. The van der Waals surface area contributed by atoms with Crippen LogP contribution in [0.25, 0.3) is 0 Å². The van der Waals surface area contributed by atoms with Crippen molar-refractivity contribution in [2.24, 2.45) is 5.92 Å². The van der Waals surface area contributed by atoms with Gasteiger partial charge in [-0.15, -0.1) is 0 Å². The molecule has 1 saturated carbocycles. The third-order valence-electron chi connectivity index (χ3n) is 4.03. The van der Waals surface area contributed by atoms with E-state index in [1.165, 1.54) is 18.4 Å². The first-order chi connectivity index (χ1) is 8.57. The minimum Gasteiger partial charge on any atom is -0.378 e. The molecule has 1 aliphatic carbocycles. The summed E-state index contributed by atoms with van der Waals surface area (Å²) in [6.07, 6.45) is 4.07. The van der Waals surface area contributed by atoms with Crippen molar-refractivity contribution in [3.05, 3.63) is 34.9 Å². The van der Waals surface area contributed by atoms with E-state index in [2.05, 4.69) is 32.9 Å². The van der Waals surface area contributed by atoms with Crippen molar-refractivity contribution in [1.29, 1.82) is 0 Å². The first-order valence-corrected chi connectivity index (χ1v) is 7.33. The lowest BCUT2D eigenvalue weighted by Crippen LogP contribution is -2.26. The summed E-state index contributed by atoms with van der Waals surface area (Å²) in [4.78, 5) is 0. The van der Waals surface area contributed by atoms with Gasteiger partial charge in [-0.05, 0) is 55.2 Å². The van der Waals surface area contributed by atoms with Crippen LogP contribution >= 0.6 is 11.6 Å². The van der Waals surface area contributed by atoms with Crippen LogP contribution in [0.3, 0.4) is 0 Å². The monoisotopic (exact) mass is 266 g/mol. The Morgan fingerprint density at radius 3 is 2.28 bits per heavy atom. The molecule has 100 valence electrons. The van der Waals surface area contributed by atoms with Crippen molar-refractivity contribution in [1.82, 2.24) is 0 Å². The van der Waals surface area contributed by atoms with E-state index in [0.29, 0.717) is 17.4 Å². The van der Waals surface area contributed by atoms with Crippen LogP contribution in [0.1, 0.15) is 45.6 Å². The molecule has 0 aromatic heterocycles. The first kappa shape index (κ1) is 13.9. The van der Waals surface area contributed by atoms with Gasteiger partial charge in [0.1, 0.15) is 0 Å². The Morgan fingerprint density at radius 2 is 1.83 bits per heavy atom. The second-order valence-electron chi connectivity index (χ2n) is 5.73. The van der Waals surface area contributed by atoms with Gasteiger partial charge in [0.2, 0.25) is 0 Å². The summed E-state index contributed by atoms with van der Waals surface area (Å²) in [5.74, 6) is 0.578. The Morgan fingerprint density at radius 1 is 1.22 bits per heavy atom. The second-order valence-corrected chi connectivity index (χ2v) is 6.17. The molecule has 1 aromatic carbocycles. The minimum absolute atomic E-state index is 0.356. The van der Waals surface area contributed by atoms with E-state index in [0.717, 1.165) is 18.1 Å². The maximum atomic E-state index is 5.96. The molecule has 18 heavy (non-hydrogen) atoms. The highest BCUT2D eigenvalue weighted by atomic mass is 35.5. The van der Waals surface area contributed by atoms with E-state index >= 15 is 0 Å². The topological polar surface area (TPSA) is 9.23 Å². The largest absolute Gasteiger partial charge is 0.378 e. The van der Waals surface area contributed by atoms with Gasteiger partial charge < -0.3 is 4.74 Å². The van der Waals surface area contributed by atoms with Crippen LogP contribution in [0.5, 0.6) is 0 Å². The van der Waals surface area contributed by atoms with Crippen molar-refractivity contribution in [2.45, 2.75) is 51.6 Å². The van der Waals surface area contributed by atoms with Crippen molar-refractivity contribution in [3.63, 3.8) is 0 Å². The number of benzene rings is 1. The predicted molar refractivity (Wildman–Crippen MR) is 77.2 cm³/mol. The standard InChI is InChI=1S/C16H23ClO/c1-4-18-15(12(2)3)11-16(9-10-16)13-5-7-14(17)8-6-13/h5-8,12,15H,4,9-11H2,1-3H3. The molecule has 0 bridgehead atoms. The summed E-state index contributed by atoms with van der Waals surface area (Å²) in [5.41, 5.74) is 1.78. The van der Waals surface area contributed by atoms with Crippen LogP contribution in [0.4, 0.5) is 0 Å². The molecular weight excluding hydrogens is 244 g/mol. The van der Waals surface area contributed by atoms with Crippen LogP contribution in [-0.4, -0.2) is 12.7 Å². The molecule has 1 aliphatic rings. The average Bonchev–Trinajstić information content (AvgIpc) is 3.10. The summed E-state index contributed by atoms with van der Waals surface area (Å²) in [6.45, 7) is 7.38. The molecule has 2 rings (SSSR count). The fourth-order valence-electron chi connectivity index (χ4n) is 2.65. The molecule has 0 spiro atoms. The maximum Gasteiger partial charge on any atom is 0.0606 e. The number of halogens is 1. The first-order valence-electron chi connectivity index (χ1n) is 6.95. The van der Waals surface area contributed by atoms with Gasteiger partial charge in [-0.1, -0.05) is 37.6 Å². The highest BCUT2D eigenvalue weighted by molar-refractivity contribution is 6.30. The molecule has 1 aromatic rings. The maximum absolute atomic E-state index is 5.96. The zero-order valence-corrected chi connectivity index (χ0v) is 12.3. The molecule has 1 atom stereocenters. The quantitative estimate of drug-likeness (QED) is 0.717.